The molecule has 0 radical (unpaired) electrons. The maximum Gasteiger partial charge on any atom is 0.180 e. The normalized spacial score (nSPS) is 29.0. The van der Waals surface area contributed by atoms with E-state index in [9.17, 15) is 4.79 Å². The lowest BCUT2D eigenvalue weighted by Crippen LogP contribution is -2.52. The van der Waals surface area contributed by atoms with Crippen molar-refractivity contribution >= 4 is 30.6 Å². The summed E-state index contributed by atoms with van der Waals surface area (Å²) < 4.78 is 0. The van der Waals surface area contributed by atoms with Gasteiger partial charge < -0.3 is 0 Å². The molecule has 3 aliphatic heterocycles. The van der Waals surface area contributed by atoms with E-state index in [1.807, 2.05) is 12.1 Å². The average molecular weight is 289 g/mol. The second kappa shape index (κ2) is 6.50. The van der Waals surface area contributed by atoms with E-state index < -0.39 is 0 Å². The Bertz CT molecular complexity index is 391. The van der Waals surface area contributed by atoms with Gasteiger partial charge >= 0.3 is 0 Å². The fourth-order valence-electron chi connectivity index (χ4n) is 2.95. The summed E-state index contributed by atoms with van der Waals surface area (Å²) >= 11 is 0. The van der Waals surface area contributed by atoms with E-state index in [2.05, 4.69) is 9.88 Å². The number of fused-ring (bicyclic) bond motifs is 3. The van der Waals surface area contributed by atoms with Crippen LogP contribution in [0.2, 0.25) is 0 Å². The third kappa shape index (κ3) is 2.85. The number of Topliss-reactive ketones (excluding diaryl/α,β-unsaturated/α-hetero) is 1. The summed E-state index contributed by atoms with van der Waals surface area (Å²) in [4.78, 5) is 18.6. The van der Waals surface area contributed by atoms with Crippen molar-refractivity contribution in [1.29, 1.82) is 0 Å². The Balaban J connectivity index is 0.000000810. The van der Waals surface area contributed by atoms with Gasteiger partial charge in [0, 0.05) is 18.0 Å². The van der Waals surface area contributed by atoms with Crippen molar-refractivity contribution in [3.8, 4) is 0 Å². The van der Waals surface area contributed by atoms with Crippen LogP contribution in [0.3, 0.4) is 0 Å². The molecule has 4 heterocycles. The number of rotatable bonds is 2. The van der Waals surface area contributed by atoms with Crippen LogP contribution in [0.25, 0.3) is 0 Å². The summed E-state index contributed by atoms with van der Waals surface area (Å²) in [5.74, 6) is 1.06. The van der Waals surface area contributed by atoms with Crippen LogP contribution in [0, 0.1) is 5.92 Å². The number of carbonyl (C=O) groups excluding carboxylic acids is 1. The minimum Gasteiger partial charge on any atom is -0.293 e. The number of pyridine rings is 1. The van der Waals surface area contributed by atoms with Gasteiger partial charge in [-0.15, -0.1) is 24.8 Å². The van der Waals surface area contributed by atoms with Gasteiger partial charge in [-0.05, 0) is 50.4 Å². The fourth-order valence-corrected chi connectivity index (χ4v) is 2.95. The highest BCUT2D eigenvalue weighted by molar-refractivity contribution is 6.00. The van der Waals surface area contributed by atoms with Gasteiger partial charge in [0.05, 0.1) is 6.04 Å². The molecule has 3 nitrogen and oxygen atoms in total. The maximum absolute atomic E-state index is 12.3. The minimum absolute atomic E-state index is 0. The van der Waals surface area contributed by atoms with E-state index in [-0.39, 0.29) is 36.6 Å². The second-order valence-electron chi connectivity index (χ2n) is 4.83. The van der Waals surface area contributed by atoms with Gasteiger partial charge in [-0.2, -0.15) is 0 Å². The predicted octanol–water partition coefficient (Wildman–Crippen LogP) is 2.59. The van der Waals surface area contributed by atoms with Gasteiger partial charge in [-0.3, -0.25) is 14.7 Å². The van der Waals surface area contributed by atoms with Crippen LogP contribution in [-0.4, -0.2) is 34.8 Å². The van der Waals surface area contributed by atoms with Crippen LogP contribution < -0.4 is 0 Å². The lowest BCUT2D eigenvalue weighted by molar-refractivity contribution is 0.0406. The average Bonchev–Trinajstić information content (AvgIpc) is 2.40. The number of halogens is 2. The highest BCUT2D eigenvalue weighted by Crippen LogP contribution is 2.33. The third-order valence-corrected chi connectivity index (χ3v) is 3.91. The topological polar surface area (TPSA) is 33.2 Å². The Hall–Kier alpha value is -0.640. The van der Waals surface area contributed by atoms with Crippen molar-refractivity contribution in [3.63, 3.8) is 0 Å². The summed E-state index contributed by atoms with van der Waals surface area (Å²) in [5, 5.41) is 0. The van der Waals surface area contributed by atoms with E-state index in [1.165, 1.54) is 12.8 Å². The number of nitrogens with zero attached hydrogens (tertiary/aromatic N) is 2. The SMILES string of the molecule is Cl.Cl.O=C(c1ccncc1)C1CC2CCN1CC2. The highest BCUT2D eigenvalue weighted by Gasteiger charge is 2.37. The molecule has 0 amide bonds. The van der Waals surface area contributed by atoms with Crippen LogP contribution in [0.1, 0.15) is 29.6 Å². The van der Waals surface area contributed by atoms with Gasteiger partial charge in [0.1, 0.15) is 0 Å². The highest BCUT2D eigenvalue weighted by atomic mass is 35.5. The molecule has 3 aliphatic rings. The maximum atomic E-state index is 12.3. The number of piperidine rings is 3. The van der Waals surface area contributed by atoms with E-state index >= 15 is 0 Å². The molecule has 1 atom stereocenters. The summed E-state index contributed by atoms with van der Waals surface area (Å²) in [7, 11) is 0. The first kappa shape index (κ1) is 15.4. The molecular formula is C13H18Cl2N2O. The van der Waals surface area contributed by atoms with Gasteiger partial charge in [0.2, 0.25) is 0 Å². The number of carbonyl (C=O) groups is 1. The number of hydrogen-bond donors (Lipinski definition) is 0. The van der Waals surface area contributed by atoms with Crippen molar-refractivity contribution in [2.45, 2.75) is 25.3 Å². The zero-order valence-corrected chi connectivity index (χ0v) is 11.8. The molecular weight excluding hydrogens is 271 g/mol. The predicted molar refractivity (Wildman–Crippen MR) is 75.8 cm³/mol. The Morgan fingerprint density at radius 1 is 1.17 bits per heavy atom. The van der Waals surface area contributed by atoms with E-state index in [0.717, 1.165) is 31.0 Å². The molecule has 0 aromatic carbocycles. The van der Waals surface area contributed by atoms with Crippen LogP contribution in [0.5, 0.6) is 0 Å². The summed E-state index contributed by atoms with van der Waals surface area (Å²) in [6.45, 7) is 2.21. The molecule has 1 unspecified atom stereocenters. The van der Waals surface area contributed by atoms with E-state index in [4.69, 9.17) is 0 Å². The van der Waals surface area contributed by atoms with Crippen molar-refractivity contribution in [2.24, 2.45) is 5.92 Å². The fraction of sp³-hybridized carbons (Fsp3) is 0.538. The van der Waals surface area contributed by atoms with Gasteiger partial charge in [0.15, 0.2) is 5.78 Å². The molecule has 3 fully saturated rings. The summed E-state index contributed by atoms with van der Waals surface area (Å²) in [6, 6.07) is 3.78. The first-order valence-corrected chi connectivity index (χ1v) is 6.03. The molecule has 0 aliphatic carbocycles. The van der Waals surface area contributed by atoms with E-state index in [0.29, 0.717) is 0 Å². The molecule has 5 heteroatoms. The number of aromatic nitrogens is 1. The van der Waals surface area contributed by atoms with Gasteiger partial charge in [-0.25, -0.2) is 0 Å². The van der Waals surface area contributed by atoms with Crippen molar-refractivity contribution in [3.05, 3.63) is 30.1 Å². The quantitative estimate of drug-likeness (QED) is 0.785. The molecule has 0 N–H and O–H groups in total. The van der Waals surface area contributed by atoms with Crippen molar-refractivity contribution < 1.29 is 4.79 Å². The standard InChI is InChI=1S/C13H16N2O.2ClH/c16-13(11-1-5-14-6-2-11)12-9-10-3-7-15(12)8-4-10;;/h1-2,5-6,10,12H,3-4,7-9H2;2*1H. The van der Waals surface area contributed by atoms with Crippen molar-refractivity contribution in [1.82, 2.24) is 9.88 Å². The summed E-state index contributed by atoms with van der Waals surface area (Å²) in [6.07, 6.45) is 7.01. The minimum atomic E-state index is 0. The Morgan fingerprint density at radius 3 is 2.28 bits per heavy atom. The molecule has 0 saturated carbocycles. The first-order valence-electron chi connectivity index (χ1n) is 6.03. The Morgan fingerprint density at radius 2 is 1.78 bits per heavy atom. The molecule has 1 aromatic heterocycles. The van der Waals surface area contributed by atoms with Gasteiger partial charge in [-0.1, -0.05) is 0 Å². The first-order chi connectivity index (χ1) is 7.84. The lowest BCUT2D eigenvalue weighted by atomic mass is 9.81. The lowest BCUT2D eigenvalue weighted by Gasteiger charge is -2.44. The van der Waals surface area contributed by atoms with Crippen LogP contribution >= 0.6 is 24.8 Å². The third-order valence-electron chi connectivity index (χ3n) is 3.91. The van der Waals surface area contributed by atoms with Crippen LogP contribution in [-0.2, 0) is 0 Å². The zero-order valence-electron chi connectivity index (χ0n) is 10.1. The van der Waals surface area contributed by atoms with Crippen molar-refractivity contribution in [2.75, 3.05) is 13.1 Å². The molecule has 100 valence electrons. The van der Waals surface area contributed by atoms with E-state index in [1.54, 1.807) is 12.4 Å². The monoisotopic (exact) mass is 288 g/mol. The molecule has 18 heavy (non-hydrogen) atoms. The summed E-state index contributed by atoms with van der Waals surface area (Å²) in [5.41, 5.74) is 0.813. The molecule has 0 spiro atoms. The van der Waals surface area contributed by atoms with Gasteiger partial charge in [0.25, 0.3) is 0 Å². The molecule has 2 bridgehead atoms. The second-order valence-corrected chi connectivity index (χ2v) is 4.83. The van der Waals surface area contributed by atoms with Crippen LogP contribution in [0.4, 0.5) is 0 Å². The molecule has 4 rings (SSSR count). The Kier molecular flexibility index (Phi) is 5.57. The molecule has 1 aromatic rings. The number of ketones is 1. The number of hydrogen-bond acceptors (Lipinski definition) is 3. The zero-order chi connectivity index (χ0) is 11.0. The largest absolute Gasteiger partial charge is 0.293 e. The Labute approximate surface area is 120 Å². The smallest absolute Gasteiger partial charge is 0.180 e. The molecule has 3 saturated heterocycles. The van der Waals surface area contributed by atoms with Crippen LogP contribution in [0.15, 0.2) is 24.5 Å².